The van der Waals surface area contributed by atoms with Crippen molar-refractivity contribution in [2.45, 2.75) is 77.9 Å². The van der Waals surface area contributed by atoms with Gasteiger partial charge < -0.3 is 10.5 Å². The molecule has 0 aliphatic heterocycles. The van der Waals surface area contributed by atoms with Crippen LogP contribution >= 0.6 is 0 Å². The maximum absolute atomic E-state index is 6.85. The van der Waals surface area contributed by atoms with Crippen LogP contribution in [0.15, 0.2) is 49.0 Å². The van der Waals surface area contributed by atoms with Crippen molar-refractivity contribution in [1.29, 1.82) is 0 Å². The van der Waals surface area contributed by atoms with Crippen LogP contribution in [0, 0.1) is 18.8 Å². The molecule has 30 heavy (non-hydrogen) atoms. The Hall–Kier alpha value is -2.06. The Bertz CT molecular complexity index is 827. The minimum Gasteiger partial charge on any atom is -0.485 e. The van der Waals surface area contributed by atoms with Crippen molar-refractivity contribution < 1.29 is 4.74 Å². The van der Waals surface area contributed by atoms with E-state index in [4.69, 9.17) is 10.5 Å². The summed E-state index contributed by atoms with van der Waals surface area (Å²) in [7, 11) is 0. The molecule has 0 heterocycles. The summed E-state index contributed by atoms with van der Waals surface area (Å²) in [6.07, 6.45) is 10.5. The second kappa shape index (κ2) is 10.8. The van der Waals surface area contributed by atoms with Gasteiger partial charge in [-0.3, -0.25) is 0 Å². The lowest BCUT2D eigenvalue weighted by Gasteiger charge is -2.37. The molecule has 0 bridgehead atoms. The smallest absolute Gasteiger partial charge is 0.127 e. The quantitative estimate of drug-likeness (QED) is 0.543. The molecule has 162 valence electrons. The Kier molecular flexibility index (Phi) is 8.16. The zero-order chi connectivity index (χ0) is 21.5. The molecule has 2 aliphatic carbocycles. The average molecular weight is 406 g/mol. The highest BCUT2D eigenvalue weighted by molar-refractivity contribution is 5.56. The molecule has 4 atom stereocenters. The van der Waals surface area contributed by atoms with Gasteiger partial charge in [-0.2, -0.15) is 0 Å². The molecule has 2 nitrogen and oxygen atoms in total. The van der Waals surface area contributed by atoms with Gasteiger partial charge in [-0.25, -0.2) is 0 Å². The number of hydrogen-bond donors (Lipinski definition) is 1. The van der Waals surface area contributed by atoms with Gasteiger partial charge in [0.05, 0.1) is 0 Å². The number of rotatable bonds is 4. The monoisotopic (exact) mass is 405 g/mol. The normalized spacial score (nSPS) is 25.9. The van der Waals surface area contributed by atoms with Crippen LogP contribution < -0.4 is 10.5 Å². The zero-order valence-electron chi connectivity index (χ0n) is 19.1. The third-order valence-electron chi connectivity index (χ3n) is 6.89. The van der Waals surface area contributed by atoms with Crippen LogP contribution in [0.3, 0.4) is 0 Å². The van der Waals surface area contributed by atoms with Gasteiger partial charge in [0.15, 0.2) is 0 Å². The van der Waals surface area contributed by atoms with E-state index in [1.807, 2.05) is 19.9 Å². The second-order valence-corrected chi connectivity index (χ2v) is 8.65. The Labute approximate surface area is 183 Å². The van der Waals surface area contributed by atoms with Gasteiger partial charge in [-0.05, 0) is 79.7 Å². The highest BCUT2D eigenvalue weighted by Crippen LogP contribution is 2.45. The molecule has 2 unspecified atom stereocenters. The van der Waals surface area contributed by atoms with Crippen molar-refractivity contribution in [2.75, 3.05) is 0 Å². The van der Waals surface area contributed by atoms with Gasteiger partial charge in [-0.1, -0.05) is 69.3 Å². The van der Waals surface area contributed by atoms with Crippen LogP contribution in [-0.2, 0) is 6.42 Å². The van der Waals surface area contributed by atoms with Gasteiger partial charge in [0.25, 0.3) is 0 Å². The van der Waals surface area contributed by atoms with Gasteiger partial charge >= 0.3 is 0 Å². The van der Waals surface area contributed by atoms with E-state index >= 15 is 0 Å². The van der Waals surface area contributed by atoms with Gasteiger partial charge in [0.2, 0.25) is 0 Å². The molecule has 2 heteroatoms. The summed E-state index contributed by atoms with van der Waals surface area (Å²) >= 11 is 0. The largest absolute Gasteiger partial charge is 0.485 e. The van der Waals surface area contributed by atoms with Crippen LogP contribution in [0.25, 0.3) is 6.08 Å². The van der Waals surface area contributed by atoms with Crippen molar-refractivity contribution in [3.05, 3.63) is 71.3 Å². The van der Waals surface area contributed by atoms with Gasteiger partial charge in [-0.15, -0.1) is 0 Å². The number of aryl methyl sites for hydroxylation is 1. The Morgan fingerprint density at radius 2 is 1.80 bits per heavy atom. The molecule has 2 aromatic carbocycles. The SMILES string of the molecule is C=Cc1cccc(O[C@H]2c3ccccc3CCCC2C2CCC[C@H](N)C2)c1C.CC. The van der Waals surface area contributed by atoms with Crippen LogP contribution in [0.1, 0.15) is 80.7 Å². The molecule has 0 radical (unpaired) electrons. The molecule has 0 amide bonds. The predicted molar refractivity (Wildman–Crippen MR) is 129 cm³/mol. The molecule has 0 saturated heterocycles. The van der Waals surface area contributed by atoms with Gasteiger partial charge in [0.1, 0.15) is 11.9 Å². The fourth-order valence-electron chi connectivity index (χ4n) is 5.36. The highest BCUT2D eigenvalue weighted by atomic mass is 16.5. The first-order valence-corrected chi connectivity index (χ1v) is 11.9. The van der Waals surface area contributed by atoms with E-state index in [0.29, 0.717) is 17.9 Å². The maximum atomic E-state index is 6.85. The van der Waals surface area contributed by atoms with Crippen LogP contribution in [0.5, 0.6) is 5.75 Å². The van der Waals surface area contributed by atoms with E-state index in [0.717, 1.165) is 24.2 Å². The molecule has 2 aromatic rings. The van der Waals surface area contributed by atoms with Crippen LogP contribution in [0.4, 0.5) is 0 Å². The number of nitrogens with two attached hydrogens (primary N) is 1. The highest BCUT2D eigenvalue weighted by Gasteiger charge is 2.37. The van der Waals surface area contributed by atoms with Crippen molar-refractivity contribution >= 4 is 6.08 Å². The van der Waals surface area contributed by atoms with Crippen molar-refractivity contribution in [2.24, 2.45) is 17.6 Å². The van der Waals surface area contributed by atoms with Gasteiger partial charge in [0, 0.05) is 12.0 Å². The lowest BCUT2D eigenvalue weighted by atomic mass is 9.73. The molecular weight excluding hydrogens is 366 g/mol. The lowest BCUT2D eigenvalue weighted by molar-refractivity contribution is 0.0695. The third-order valence-corrected chi connectivity index (χ3v) is 6.89. The van der Waals surface area contributed by atoms with Crippen LogP contribution in [-0.4, -0.2) is 6.04 Å². The molecule has 0 aromatic heterocycles. The summed E-state index contributed by atoms with van der Waals surface area (Å²) < 4.78 is 6.85. The summed E-state index contributed by atoms with van der Waals surface area (Å²) in [4.78, 5) is 0. The van der Waals surface area contributed by atoms with Crippen LogP contribution in [0.2, 0.25) is 0 Å². The summed E-state index contributed by atoms with van der Waals surface area (Å²) in [6, 6.07) is 15.5. The topological polar surface area (TPSA) is 35.2 Å². The van der Waals surface area contributed by atoms with E-state index in [2.05, 4.69) is 56.0 Å². The first-order valence-electron chi connectivity index (χ1n) is 11.9. The zero-order valence-corrected chi connectivity index (χ0v) is 19.1. The molecule has 0 spiro atoms. The standard InChI is InChI=1S/C26H33NO.C2H6/c1-3-19-10-8-16-25(18(19)2)28-26-23-14-5-4-9-20(23)11-7-15-24(26)21-12-6-13-22(27)17-21;1-2/h3-5,8-10,14,16,21-22,24,26H,1,6-7,11-13,15,17,27H2,2H3;1-2H3/t21?,22-,24?,26-;/m0./s1. The summed E-state index contributed by atoms with van der Waals surface area (Å²) in [6.45, 7) is 10.1. The molecule has 1 fully saturated rings. The van der Waals surface area contributed by atoms with E-state index in [9.17, 15) is 0 Å². The molecule has 4 rings (SSSR count). The average Bonchev–Trinajstić information content (AvgIpc) is 2.96. The summed E-state index contributed by atoms with van der Waals surface area (Å²) in [5.74, 6) is 2.17. The number of ether oxygens (including phenoxy) is 1. The van der Waals surface area contributed by atoms with E-state index in [-0.39, 0.29) is 6.10 Å². The number of hydrogen-bond acceptors (Lipinski definition) is 2. The predicted octanol–water partition coefficient (Wildman–Crippen LogP) is 7.25. The Morgan fingerprint density at radius 3 is 2.57 bits per heavy atom. The Balaban J connectivity index is 0.00000124. The lowest BCUT2D eigenvalue weighted by Crippen LogP contribution is -2.34. The third kappa shape index (κ3) is 4.98. The summed E-state index contributed by atoms with van der Waals surface area (Å²) in [5, 5.41) is 0. The minimum atomic E-state index is 0.104. The fraction of sp³-hybridized carbons (Fsp3) is 0.500. The molecule has 2 aliphatic rings. The second-order valence-electron chi connectivity index (χ2n) is 8.65. The van der Waals surface area contributed by atoms with Crippen molar-refractivity contribution in [3.8, 4) is 5.75 Å². The van der Waals surface area contributed by atoms with Crippen molar-refractivity contribution in [1.82, 2.24) is 0 Å². The van der Waals surface area contributed by atoms with E-state index < -0.39 is 0 Å². The number of benzene rings is 2. The Morgan fingerprint density at radius 1 is 1.00 bits per heavy atom. The number of fused-ring (bicyclic) bond motifs is 1. The summed E-state index contributed by atoms with van der Waals surface area (Å²) in [5.41, 5.74) is 11.5. The van der Waals surface area contributed by atoms with E-state index in [1.165, 1.54) is 48.8 Å². The maximum Gasteiger partial charge on any atom is 0.127 e. The molecule has 2 N–H and O–H groups in total. The van der Waals surface area contributed by atoms with E-state index in [1.54, 1.807) is 0 Å². The molecule has 1 saturated carbocycles. The first-order chi connectivity index (χ1) is 14.7. The molecular formula is C28H39NO. The fourth-order valence-corrected chi connectivity index (χ4v) is 5.36. The van der Waals surface area contributed by atoms with Crippen molar-refractivity contribution in [3.63, 3.8) is 0 Å². The minimum absolute atomic E-state index is 0.104. The first kappa shape index (κ1) is 22.6.